The van der Waals surface area contributed by atoms with Crippen molar-refractivity contribution in [2.24, 2.45) is 0 Å². The van der Waals surface area contributed by atoms with Gasteiger partial charge >= 0.3 is 0 Å². The number of hydrogen-bond donors (Lipinski definition) is 3. The van der Waals surface area contributed by atoms with Gasteiger partial charge in [0.05, 0.1) is 0 Å². The number of carbonyl (C=O) groups is 1. The maximum absolute atomic E-state index is 11.6. The smallest absolute Gasteiger partial charge is 0.251 e. The SMILES string of the molecule is CNC(=O)c1cccc(NCc2c[nH]c3ncccc23)c1. The molecule has 0 radical (unpaired) electrons. The summed E-state index contributed by atoms with van der Waals surface area (Å²) in [6, 6.07) is 11.4. The highest BCUT2D eigenvalue weighted by molar-refractivity contribution is 5.94. The minimum absolute atomic E-state index is 0.0880. The molecule has 3 aromatic rings. The van der Waals surface area contributed by atoms with Crippen molar-refractivity contribution in [2.45, 2.75) is 6.54 Å². The number of nitrogens with one attached hydrogen (secondary N) is 3. The van der Waals surface area contributed by atoms with Crippen molar-refractivity contribution in [3.05, 3.63) is 59.9 Å². The number of benzene rings is 1. The van der Waals surface area contributed by atoms with Gasteiger partial charge in [-0.05, 0) is 35.9 Å². The molecule has 0 fully saturated rings. The lowest BCUT2D eigenvalue weighted by Gasteiger charge is -2.07. The lowest BCUT2D eigenvalue weighted by molar-refractivity contribution is 0.0963. The number of rotatable bonds is 4. The van der Waals surface area contributed by atoms with E-state index in [2.05, 4.69) is 20.6 Å². The van der Waals surface area contributed by atoms with Gasteiger partial charge in [0, 0.05) is 42.6 Å². The summed E-state index contributed by atoms with van der Waals surface area (Å²) in [5, 5.41) is 7.06. The summed E-state index contributed by atoms with van der Waals surface area (Å²) >= 11 is 0. The molecule has 0 bridgehead atoms. The minimum atomic E-state index is -0.0880. The zero-order valence-corrected chi connectivity index (χ0v) is 11.7. The van der Waals surface area contributed by atoms with E-state index in [1.54, 1.807) is 19.3 Å². The maximum atomic E-state index is 11.6. The number of aromatic amines is 1. The molecule has 5 heteroatoms. The Hall–Kier alpha value is -2.82. The fourth-order valence-electron chi connectivity index (χ4n) is 2.27. The molecule has 5 nitrogen and oxygen atoms in total. The van der Waals surface area contributed by atoms with Crippen molar-refractivity contribution >= 4 is 22.6 Å². The second-order valence-corrected chi connectivity index (χ2v) is 4.73. The molecule has 0 spiro atoms. The first-order valence-corrected chi connectivity index (χ1v) is 6.75. The Bertz CT molecular complexity index is 779. The molecule has 106 valence electrons. The Kier molecular flexibility index (Phi) is 3.55. The molecule has 3 rings (SSSR count). The van der Waals surface area contributed by atoms with E-state index in [1.807, 2.05) is 36.5 Å². The van der Waals surface area contributed by atoms with Gasteiger partial charge in [-0.15, -0.1) is 0 Å². The van der Waals surface area contributed by atoms with E-state index in [1.165, 1.54) is 0 Å². The Morgan fingerprint density at radius 1 is 1.29 bits per heavy atom. The molecule has 0 atom stereocenters. The monoisotopic (exact) mass is 280 g/mol. The zero-order chi connectivity index (χ0) is 14.7. The second kappa shape index (κ2) is 5.66. The third kappa shape index (κ3) is 2.72. The second-order valence-electron chi connectivity index (χ2n) is 4.73. The highest BCUT2D eigenvalue weighted by atomic mass is 16.1. The molecule has 2 aromatic heterocycles. The van der Waals surface area contributed by atoms with E-state index >= 15 is 0 Å². The summed E-state index contributed by atoms with van der Waals surface area (Å²) in [4.78, 5) is 19.0. The third-order valence-electron chi connectivity index (χ3n) is 3.37. The van der Waals surface area contributed by atoms with Crippen molar-refractivity contribution < 1.29 is 4.79 Å². The van der Waals surface area contributed by atoms with Crippen LogP contribution in [0.5, 0.6) is 0 Å². The van der Waals surface area contributed by atoms with Crippen LogP contribution in [-0.4, -0.2) is 22.9 Å². The summed E-state index contributed by atoms with van der Waals surface area (Å²) in [5.41, 5.74) is 3.58. The quantitative estimate of drug-likeness (QED) is 0.688. The number of carbonyl (C=O) groups excluding carboxylic acids is 1. The van der Waals surface area contributed by atoms with Crippen molar-refractivity contribution in [1.82, 2.24) is 15.3 Å². The van der Waals surface area contributed by atoms with Crippen LogP contribution in [0.25, 0.3) is 11.0 Å². The molecule has 0 aliphatic rings. The first-order chi connectivity index (χ1) is 10.3. The third-order valence-corrected chi connectivity index (χ3v) is 3.37. The molecule has 1 amide bonds. The molecule has 0 aliphatic carbocycles. The summed E-state index contributed by atoms with van der Waals surface area (Å²) in [6.07, 6.45) is 3.72. The average Bonchev–Trinajstić information content (AvgIpc) is 2.95. The van der Waals surface area contributed by atoms with Crippen LogP contribution in [0.15, 0.2) is 48.8 Å². The molecule has 0 saturated carbocycles. The van der Waals surface area contributed by atoms with E-state index in [-0.39, 0.29) is 5.91 Å². The van der Waals surface area contributed by atoms with Gasteiger partial charge in [-0.25, -0.2) is 4.98 Å². The van der Waals surface area contributed by atoms with Crippen molar-refractivity contribution in [3.8, 4) is 0 Å². The van der Waals surface area contributed by atoms with Gasteiger partial charge in [-0.3, -0.25) is 4.79 Å². The molecule has 0 unspecified atom stereocenters. The average molecular weight is 280 g/mol. The number of fused-ring (bicyclic) bond motifs is 1. The van der Waals surface area contributed by atoms with Crippen LogP contribution in [0.2, 0.25) is 0 Å². The number of nitrogens with zero attached hydrogens (tertiary/aromatic N) is 1. The van der Waals surface area contributed by atoms with Crippen molar-refractivity contribution in [3.63, 3.8) is 0 Å². The Labute approximate surface area is 122 Å². The summed E-state index contributed by atoms with van der Waals surface area (Å²) in [5.74, 6) is -0.0880. The van der Waals surface area contributed by atoms with E-state index < -0.39 is 0 Å². The number of aromatic nitrogens is 2. The van der Waals surface area contributed by atoms with Crippen LogP contribution >= 0.6 is 0 Å². The Morgan fingerprint density at radius 3 is 3.05 bits per heavy atom. The topological polar surface area (TPSA) is 69.8 Å². The van der Waals surface area contributed by atoms with Gasteiger partial charge in [0.25, 0.3) is 5.91 Å². The molecule has 0 saturated heterocycles. The van der Waals surface area contributed by atoms with Crippen LogP contribution < -0.4 is 10.6 Å². The Balaban J connectivity index is 1.77. The largest absolute Gasteiger partial charge is 0.381 e. The van der Waals surface area contributed by atoms with Crippen molar-refractivity contribution in [2.75, 3.05) is 12.4 Å². The normalized spacial score (nSPS) is 10.5. The summed E-state index contributed by atoms with van der Waals surface area (Å²) in [7, 11) is 1.63. The lowest BCUT2D eigenvalue weighted by Crippen LogP contribution is -2.17. The molecule has 21 heavy (non-hydrogen) atoms. The van der Waals surface area contributed by atoms with Crippen LogP contribution in [0.1, 0.15) is 15.9 Å². The molecular formula is C16H16N4O. The number of amides is 1. The first-order valence-electron chi connectivity index (χ1n) is 6.75. The van der Waals surface area contributed by atoms with E-state index in [9.17, 15) is 4.79 Å². The van der Waals surface area contributed by atoms with E-state index in [0.29, 0.717) is 12.1 Å². The van der Waals surface area contributed by atoms with Crippen LogP contribution in [0.3, 0.4) is 0 Å². The number of hydrogen-bond acceptors (Lipinski definition) is 3. The molecule has 3 N–H and O–H groups in total. The highest BCUT2D eigenvalue weighted by Gasteiger charge is 2.05. The van der Waals surface area contributed by atoms with Gasteiger partial charge < -0.3 is 15.6 Å². The predicted molar refractivity (Wildman–Crippen MR) is 83.3 cm³/mol. The van der Waals surface area contributed by atoms with Gasteiger partial charge in [-0.2, -0.15) is 0 Å². The molecule has 2 heterocycles. The lowest BCUT2D eigenvalue weighted by atomic mass is 10.1. The van der Waals surface area contributed by atoms with Crippen LogP contribution in [-0.2, 0) is 6.54 Å². The molecule has 0 aliphatic heterocycles. The summed E-state index contributed by atoms with van der Waals surface area (Å²) < 4.78 is 0. The van der Waals surface area contributed by atoms with Gasteiger partial charge in [0.2, 0.25) is 0 Å². The van der Waals surface area contributed by atoms with E-state index in [4.69, 9.17) is 0 Å². The van der Waals surface area contributed by atoms with Crippen LogP contribution in [0, 0.1) is 0 Å². The highest BCUT2D eigenvalue weighted by Crippen LogP contribution is 2.18. The number of anilines is 1. The first kappa shape index (κ1) is 13.2. The maximum Gasteiger partial charge on any atom is 0.251 e. The predicted octanol–water partition coefficient (Wildman–Crippen LogP) is 2.53. The molecular weight excluding hydrogens is 264 g/mol. The zero-order valence-electron chi connectivity index (χ0n) is 11.7. The van der Waals surface area contributed by atoms with Gasteiger partial charge in [0.15, 0.2) is 0 Å². The van der Waals surface area contributed by atoms with Gasteiger partial charge in [-0.1, -0.05) is 6.07 Å². The number of H-pyrrole nitrogens is 1. The minimum Gasteiger partial charge on any atom is -0.381 e. The number of pyridine rings is 1. The Morgan fingerprint density at radius 2 is 2.19 bits per heavy atom. The standard InChI is InChI=1S/C16H16N4O/c1-17-16(21)11-4-2-5-13(8-11)19-9-12-10-20-15-14(12)6-3-7-18-15/h2-8,10,19H,9H2,1H3,(H,17,21)(H,18,20). The van der Waals surface area contributed by atoms with Gasteiger partial charge in [0.1, 0.15) is 5.65 Å². The van der Waals surface area contributed by atoms with E-state index in [0.717, 1.165) is 22.3 Å². The molecule has 1 aromatic carbocycles. The van der Waals surface area contributed by atoms with Crippen LogP contribution in [0.4, 0.5) is 5.69 Å². The summed E-state index contributed by atoms with van der Waals surface area (Å²) in [6.45, 7) is 0.670. The van der Waals surface area contributed by atoms with Crippen molar-refractivity contribution in [1.29, 1.82) is 0 Å². The fraction of sp³-hybridized carbons (Fsp3) is 0.125. The fourth-order valence-corrected chi connectivity index (χ4v) is 2.27.